The van der Waals surface area contributed by atoms with Gasteiger partial charge < -0.3 is 9.64 Å². The Bertz CT molecular complexity index is 640. The zero-order valence-corrected chi connectivity index (χ0v) is 13.8. The van der Waals surface area contributed by atoms with Gasteiger partial charge in [0.2, 0.25) is 0 Å². The number of hydrogen-bond donors (Lipinski definition) is 0. The molecule has 0 N–H and O–H groups in total. The third-order valence-electron chi connectivity index (χ3n) is 3.17. The van der Waals surface area contributed by atoms with Gasteiger partial charge in [0.05, 0.1) is 12.7 Å². The molecule has 4 heteroatoms. The molecule has 0 atom stereocenters. The lowest BCUT2D eigenvalue weighted by atomic mass is 10.1. The Labute approximate surface area is 132 Å². The molecule has 0 aliphatic carbocycles. The molecule has 0 heterocycles. The Morgan fingerprint density at radius 1 is 1.20 bits per heavy atom. The Balaban J connectivity index is 2.35. The average molecular weight is 381 g/mol. The molecule has 2 aromatic carbocycles. The third-order valence-corrected chi connectivity index (χ3v) is 4.60. The smallest absolute Gasteiger partial charge is 0.259 e. The maximum atomic E-state index is 12.6. The van der Waals surface area contributed by atoms with Crippen LogP contribution < -0.4 is 9.64 Å². The van der Waals surface area contributed by atoms with Crippen LogP contribution in [0.2, 0.25) is 0 Å². The number of carbonyl (C=O) groups excluding carboxylic acids is 1. The van der Waals surface area contributed by atoms with Crippen LogP contribution >= 0.6 is 22.6 Å². The molecule has 2 rings (SSSR count). The van der Waals surface area contributed by atoms with Crippen molar-refractivity contribution in [2.24, 2.45) is 0 Å². The number of amides is 1. The molecule has 0 saturated heterocycles. The van der Waals surface area contributed by atoms with Crippen molar-refractivity contribution in [3.63, 3.8) is 0 Å². The van der Waals surface area contributed by atoms with Crippen LogP contribution in [0.1, 0.15) is 15.9 Å². The number of nitrogens with zero attached hydrogens (tertiary/aromatic N) is 1. The van der Waals surface area contributed by atoms with E-state index in [0.717, 1.165) is 26.1 Å². The summed E-state index contributed by atoms with van der Waals surface area (Å²) < 4.78 is 6.18. The number of benzene rings is 2. The summed E-state index contributed by atoms with van der Waals surface area (Å²) in [4.78, 5) is 14.2. The van der Waals surface area contributed by atoms with E-state index in [1.807, 2.05) is 49.4 Å². The Morgan fingerprint density at radius 2 is 1.90 bits per heavy atom. The molecule has 20 heavy (non-hydrogen) atoms. The van der Waals surface area contributed by atoms with E-state index < -0.39 is 0 Å². The molecule has 1 amide bonds. The lowest BCUT2D eigenvalue weighted by molar-refractivity contribution is 0.0992. The van der Waals surface area contributed by atoms with E-state index in [4.69, 9.17) is 4.74 Å². The zero-order valence-electron chi connectivity index (χ0n) is 11.7. The molecule has 0 radical (unpaired) electrons. The first-order valence-electron chi connectivity index (χ1n) is 6.22. The lowest BCUT2D eigenvalue weighted by Crippen LogP contribution is -2.27. The minimum atomic E-state index is -0.0219. The number of anilines is 1. The first-order valence-corrected chi connectivity index (χ1v) is 7.29. The van der Waals surface area contributed by atoms with Crippen molar-refractivity contribution >= 4 is 34.2 Å². The van der Waals surface area contributed by atoms with E-state index in [-0.39, 0.29) is 5.91 Å². The van der Waals surface area contributed by atoms with Gasteiger partial charge >= 0.3 is 0 Å². The predicted molar refractivity (Wildman–Crippen MR) is 89.6 cm³/mol. The van der Waals surface area contributed by atoms with E-state index in [1.54, 1.807) is 19.1 Å². The largest absolute Gasteiger partial charge is 0.497 e. The molecule has 0 spiro atoms. The van der Waals surface area contributed by atoms with Crippen molar-refractivity contribution in [3.05, 3.63) is 57.2 Å². The number of rotatable bonds is 3. The van der Waals surface area contributed by atoms with Crippen LogP contribution in [-0.2, 0) is 0 Å². The number of aryl methyl sites for hydroxylation is 1. The van der Waals surface area contributed by atoms with Crippen molar-refractivity contribution in [1.82, 2.24) is 0 Å². The fourth-order valence-electron chi connectivity index (χ4n) is 1.93. The minimum absolute atomic E-state index is 0.0219. The number of hydrogen-bond acceptors (Lipinski definition) is 2. The fraction of sp³-hybridized carbons (Fsp3) is 0.188. The van der Waals surface area contributed by atoms with Gasteiger partial charge in [0.15, 0.2) is 0 Å². The molecular weight excluding hydrogens is 365 g/mol. The summed E-state index contributed by atoms with van der Waals surface area (Å²) in [5, 5.41) is 0. The summed E-state index contributed by atoms with van der Waals surface area (Å²) in [5.74, 6) is 0.715. The maximum Gasteiger partial charge on any atom is 0.259 e. The third kappa shape index (κ3) is 2.95. The van der Waals surface area contributed by atoms with Crippen LogP contribution in [0, 0.1) is 10.5 Å². The molecule has 0 aromatic heterocycles. The molecule has 3 nitrogen and oxygen atoms in total. The van der Waals surface area contributed by atoms with Crippen LogP contribution in [0.3, 0.4) is 0 Å². The molecule has 0 bridgehead atoms. The van der Waals surface area contributed by atoms with Crippen LogP contribution in [0.15, 0.2) is 42.5 Å². The maximum absolute atomic E-state index is 12.6. The van der Waals surface area contributed by atoms with Gasteiger partial charge in [-0.15, -0.1) is 0 Å². The van der Waals surface area contributed by atoms with Crippen LogP contribution in [0.25, 0.3) is 0 Å². The normalized spacial score (nSPS) is 10.2. The van der Waals surface area contributed by atoms with Gasteiger partial charge in [0, 0.05) is 22.4 Å². The van der Waals surface area contributed by atoms with Gasteiger partial charge in [0.25, 0.3) is 5.91 Å². The monoisotopic (exact) mass is 381 g/mol. The van der Waals surface area contributed by atoms with E-state index in [2.05, 4.69) is 22.6 Å². The average Bonchev–Trinajstić information content (AvgIpc) is 2.48. The number of carbonyl (C=O) groups is 1. The highest BCUT2D eigenvalue weighted by Crippen LogP contribution is 2.24. The summed E-state index contributed by atoms with van der Waals surface area (Å²) in [7, 11) is 3.39. The van der Waals surface area contributed by atoms with E-state index in [0.29, 0.717) is 0 Å². The summed E-state index contributed by atoms with van der Waals surface area (Å²) in [5.41, 5.74) is 2.64. The molecule has 0 unspecified atom stereocenters. The molecule has 0 aliphatic heterocycles. The van der Waals surface area contributed by atoms with E-state index >= 15 is 0 Å². The Hall–Kier alpha value is -1.56. The Morgan fingerprint density at radius 3 is 2.60 bits per heavy atom. The molecule has 0 saturated carbocycles. The zero-order chi connectivity index (χ0) is 14.7. The molecule has 104 valence electrons. The highest BCUT2D eigenvalue weighted by atomic mass is 127. The van der Waals surface area contributed by atoms with Crippen molar-refractivity contribution in [2.75, 3.05) is 19.1 Å². The number of halogens is 1. The first kappa shape index (κ1) is 14.8. The second-order valence-corrected chi connectivity index (χ2v) is 5.58. The summed E-state index contributed by atoms with van der Waals surface area (Å²) >= 11 is 2.21. The second-order valence-electron chi connectivity index (χ2n) is 4.50. The summed E-state index contributed by atoms with van der Waals surface area (Å²) in [6.45, 7) is 2.00. The van der Waals surface area contributed by atoms with Gasteiger partial charge in [-0.1, -0.05) is 18.2 Å². The topological polar surface area (TPSA) is 29.5 Å². The van der Waals surface area contributed by atoms with Crippen LogP contribution in [0.5, 0.6) is 5.75 Å². The minimum Gasteiger partial charge on any atom is -0.497 e. The van der Waals surface area contributed by atoms with Crippen LogP contribution in [-0.4, -0.2) is 20.1 Å². The number of ether oxygens (including phenoxy) is 1. The highest BCUT2D eigenvalue weighted by Gasteiger charge is 2.17. The van der Waals surface area contributed by atoms with Gasteiger partial charge in [-0.05, 0) is 53.3 Å². The highest BCUT2D eigenvalue weighted by molar-refractivity contribution is 14.1. The van der Waals surface area contributed by atoms with Gasteiger partial charge in [-0.25, -0.2) is 0 Å². The quantitative estimate of drug-likeness (QED) is 0.756. The molecule has 0 fully saturated rings. The van der Waals surface area contributed by atoms with Gasteiger partial charge in [-0.3, -0.25) is 4.79 Å². The van der Waals surface area contributed by atoms with E-state index in [9.17, 15) is 4.79 Å². The Kier molecular flexibility index (Phi) is 4.65. The molecule has 2 aromatic rings. The molecule has 0 aliphatic rings. The standard InChI is InChI=1S/C16H16INO2/c1-11-6-4-9-14(15(11)17)16(19)18(2)12-7-5-8-13(10-12)20-3/h4-10H,1-3H3. The van der Waals surface area contributed by atoms with E-state index in [1.165, 1.54) is 0 Å². The predicted octanol–water partition coefficient (Wildman–Crippen LogP) is 3.88. The summed E-state index contributed by atoms with van der Waals surface area (Å²) in [6, 6.07) is 13.2. The van der Waals surface area contributed by atoms with Gasteiger partial charge in [-0.2, -0.15) is 0 Å². The second kappa shape index (κ2) is 6.26. The SMILES string of the molecule is COc1cccc(N(C)C(=O)c2cccc(C)c2I)c1. The van der Waals surface area contributed by atoms with Crippen molar-refractivity contribution < 1.29 is 9.53 Å². The summed E-state index contributed by atoms with van der Waals surface area (Å²) in [6.07, 6.45) is 0. The first-order chi connectivity index (χ1) is 9.54. The van der Waals surface area contributed by atoms with Crippen molar-refractivity contribution in [2.45, 2.75) is 6.92 Å². The van der Waals surface area contributed by atoms with Crippen molar-refractivity contribution in [1.29, 1.82) is 0 Å². The number of methoxy groups -OCH3 is 1. The van der Waals surface area contributed by atoms with Crippen LogP contribution in [0.4, 0.5) is 5.69 Å². The molecular formula is C16H16INO2. The van der Waals surface area contributed by atoms with Gasteiger partial charge in [0.1, 0.15) is 5.75 Å². The lowest BCUT2D eigenvalue weighted by Gasteiger charge is -2.19. The fourth-order valence-corrected chi connectivity index (χ4v) is 2.52. The van der Waals surface area contributed by atoms with Crippen molar-refractivity contribution in [3.8, 4) is 5.75 Å².